The first kappa shape index (κ1) is 13.6. The van der Waals surface area contributed by atoms with Gasteiger partial charge in [-0.05, 0) is 25.0 Å². The Morgan fingerprint density at radius 2 is 2.12 bits per heavy atom. The van der Waals surface area contributed by atoms with Gasteiger partial charge in [-0.15, -0.1) is 0 Å². The molecular formula is C12H16ClNO3. The van der Waals surface area contributed by atoms with E-state index in [1.807, 2.05) is 13.0 Å². The van der Waals surface area contributed by atoms with Gasteiger partial charge in [0.1, 0.15) is 0 Å². The van der Waals surface area contributed by atoms with E-state index < -0.39 is 0 Å². The van der Waals surface area contributed by atoms with E-state index in [9.17, 15) is 4.79 Å². The highest BCUT2D eigenvalue weighted by Gasteiger charge is 2.14. The van der Waals surface area contributed by atoms with Crippen LogP contribution in [0.2, 0.25) is 5.02 Å². The highest BCUT2D eigenvalue weighted by Crippen LogP contribution is 2.37. The zero-order valence-corrected chi connectivity index (χ0v) is 10.9. The van der Waals surface area contributed by atoms with Crippen molar-refractivity contribution in [1.29, 1.82) is 0 Å². The molecule has 4 nitrogen and oxygen atoms in total. The Kier molecular flexibility index (Phi) is 5.10. The van der Waals surface area contributed by atoms with E-state index >= 15 is 0 Å². The topological polar surface area (TPSA) is 47.6 Å². The molecule has 1 aromatic carbocycles. The molecule has 0 radical (unpaired) electrons. The summed E-state index contributed by atoms with van der Waals surface area (Å²) in [6, 6.07) is 3.68. The van der Waals surface area contributed by atoms with E-state index in [0.717, 1.165) is 5.56 Å². The standard InChI is InChI=1S/C12H16ClNO3/c1-8(14-7-15)6-9-4-5-10(16-2)12(17-3)11(9)13/h4-5,7-8H,6H2,1-3H3,(H,14,15). The van der Waals surface area contributed by atoms with Gasteiger partial charge < -0.3 is 14.8 Å². The van der Waals surface area contributed by atoms with Crippen LogP contribution in [0, 0.1) is 0 Å². The SMILES string of the molecule is COc1ccc(CC(C)NC=O)c(Cl)c1OC. The number of ether oxygens (including phenoxy) is 2. The predicted octanol–water partition coefficient (Wildman–Crippen LogP) is 2.03. The minimum Gasteiger partial charge on any atom is -0.493 e. The van der Waals surface area contributed by atoms with Crippen molar-refractivity contribution in [2.45, 2.75) is 19.4 Å². The third-order valence-corrected chi connectivity index (χ3v) is 2.86. The van der Waals surface area contributed by atoms with Crippen LogP contribution in [-0.4, -0.2) is 26.7 Å². The normalized spacial score (nSPS) is 11.8. The van der Waals surface area contributed by atoms with Crippen LogP contribution >= 0.6 is 11.6 Å². The number of benzene rings is 1. The van der Waals surface area contributed by atoms with Crippen molar-refractivity contribution in [3.05, 3.63) is 22.7 Å². The molecule has 0 aliphatic carbocycles. The summed E-state index contributed by atoms with van der Waals surface area (Å²) in [5.41, 5.74) is 0.908. The van der Waals surface area contributed by atoms with Gasteiger partial charge >= 0.3 is 0 Å². The molecule has 0 saturated carbocycles. The molecule has 5 heteroatoms. The number of halogens is 1. The first-order chi connectivity index (χ1) is 8.13. The molecule has 0 spiro atoms. The lowest BCUT2D eigenvalue weighted by atomic mass is 10.1. The zero-order valence-electron chi connectivity index (χ0n) is 10.1. The van der Waals surface area contributed by atoms with Crippen molar-refractivity contribution in [2.75, 3.05) is 14.2 Å². The highest BCUT2D eigenvalue weighted by atomic mass is 35.5. The number of hydrogen-bond acceptors (Lipinski definition) is 3. The summed E-state index contributed by atoms with van der Waals surface area (Å²) in [7, 11) is 3.10. The molecule has 94 valence electrons. The van der Waals surface area contributed by atoms with E-state index in [4.69, 9.17) is 21.1 Å². The quantitative estimate of drug-likeness (QED) is 0.794. The van der Waals surface area contributed by atoms with Gasteiger partial charge in [0.15, 0.2) is 11.5 Å². The molecule has 1 rings (SSSR count). The Morgan fingerprint density at radius 1 is 1.41 bits per heavy atom. The summed E-state index contributed by atoms with van der Waals surface area (Å²) in [5.74, 6) is 1.11. The molecule has 0 fully saturated rings. The van der Waals surface area contributed by atoms with E-state index in [1.54, 1.807) is 20.3 Å². The van der Waals surface area contributed by atoms with Gasteiger partial charge in [0.05, 0.1) is 19.2 Å². The Labute approximate surface area is 106 Å². The van der Waals surface area contributed by atoms with E-state index in [-0.39, 0.29) is 6.04 Å². The van der Waals surface area contributed by atoms with Crippen LogP contribution in [0.25, 0.3) is 0 Å². The van der Waals surface area contributed by atoms with Crippen LogP contribution in [-0.2, 0) is 11.2 Å². The maximum absolute atomic E-state index is 10.3. The molecule has 1 aromatic rings. The molecule has 1 atom stereocenters. The maximum atomic E-state index is 10.3. The number of carbonyl (C=O) groups is 1. The third kappa shape index (κ3) is 3.27. The average molecular weight is 258 g/mol. The number of amides is 1. The fraction of sp³-hybridized carbons (Fsp3) is 0.417. The Bertz CT molecular complexity index is 396. The second-order valence-corrected chi connectivity index (χ2v) is 4.04. The largest absolute Gasteiger partial charge is 0.493 e. The van der Waals surface area contributed by atoms with Crippen molar-refractivity contribution in [3.63, 3.8) is 0 Å². The summed E-state index contributed by atoms with van der Waals surface area (Å²) in [6.07, 6.45) is 1.32. The van der Waals surface area contributed by atoms with E-state index in [1.165, 1.54) is 0 Å². The second kappa shape index (κ2) is 6.35. The molecule has 0 heterocycles. The smallest absolute Gasteiger partial charge is 0.207 e. The van der Waals surface area contributed by atoms with Gasteiger partial charge in [-0.3, -0.25) is 4.79 Å². The van der Waals surface area contributed by atoms with Gasteiger partial charge in [0.2, 0.25) is 6.41 Å². The van der Waals surface area contributed by atoms with Crippen molar-refractivity contribution in [2.24, 2.45) is 0 Å². The predicted molar refractivity (Wildman–Crippen MR) is 66.9 cm³/mol. The Morgan fingerprint density at radius 3 is 2.65 bits per heavy atom. The summed E-state index contributed by atoms with van der Waals surface area (Å²) >= 11 is 6.22. The minimum absolute atomic E-state index is 0.0168. The Balaban J connectivity index is 2.98. The number of carbonyl (C=O) groups excluding carboxylic acids is 1. The van der Waals surface area contributed by atoms with Crippen LogP contribution < -0.4 is 14.8 Å². The van der Waals surface area contributed by atoms with Gasteiger partial charge in [-0.2, -0.15) is 0 Å². The lowest BCUT2D eigenvalue weighted by Crippen LogP contribution is -2.26. The van der Waals surface area contributed by atoms with Crippen molar-refractivity contribution in [1.82, 2.24) is 5.32 Å². The third-order valence-electron chi connectivity index (χ3n) is 2.44. The lowest BCUT2D eigenvalue weighted by Gasteiger charge is -2.15. The Hall–Kier alpha value is -1.42. The molecular weight excluding hydrogens is 242 g/mol. The first-order valence-electron chi connectivity index (χ1n) is 5.23. The summed E-state index contributed by atoms with van der Waals surface area (Å²) < 4.78 is 10.3. The van der Waals surface area contributed by atoms with Crippen molar-refractivity contribution < 1.29 is 14.3 Å². The monoisotopic (exact) mass is 257 g/mol. The van der Waals surface area contributed by atoms with Crippen LogP contribution in [0.3, 0.4) is 0 Å². The van der Waals surface area contributed by atoms with E-state index in [0.29, 0.717) is 29.4 Å². The maximum Gasteiger partial charge on any atom is 0.207 e. The molecule has 0 saturated heterocycles. The van der Waals surface area contributed by atoms with Crippen molar-refractivity contribution >= 4 is 18.0 Å². The molecule has 0 aliphatic rings. The van der Waals surface area contributed by atoms with Gasteiger partial charge in [0, 0.05) is 6.04 Å². The first-order valence-corrected chi connectivity index (χ1v) is 5.60. The summed E-state index contributed by atoms with van der Waals surface area (Å²) in [4.78, 5) is 10.3. The van der Waals surface area contributed by atoms with Gasteiger partial charge in [-0.1, -0.05) is 17.7 Å². The summed E-state index contributed by atoms with van der Waals surface area (Å²) in [6.45, 7) is 1.90. The van der Waals surface area contributed by atoms with Crippen LogP contribution in [0.1, 0.15) is 12.5 Å². The molecule has 1 N–H and O–H groups in total. The molecule has 0 aromatic heterocycles. The molecule has 17 heavy (non-hydrogen) atoms. The molecule has 1 unspecified atom stereocenters. The molecule has 0 aliphatic heterocycles. The highest BCUT2D eigenvalue weighted by molar-refractivity contribution is 6.33. The second-order valence-electron chi connectivity index (χ2n) is 3.66. The summed E-state index contributed by atoms with van der Waals surface area (Å²) in [5, 5.41) is 3.20. The van der Waals surface area contributed by atoms with Crippen LogP contribution in [0.4, 0.5) is 0 Å². The zero-order chi connectivity index (χ0) is 12.8. The molecule has 0 bridgehead atoms. The van der Waals surface area contributed by atoms with Crippen LogP contribution in [0.5, 0.6) is 11.5 Å². The van der Waals surface area contributed by atoms with Crippen LogP contribution in [0.15, 0.2) is 12.1 Å². The molecule has 1 amide bonds. The number of rotatable bonds is 6. The number of nitrogens with one attached hydrogen (secondary N) is 1. The number of methoxy groups -OCH3 is 2. The number of hydrogen-bond donors (Lipinski definition) is 1. The average Bonchev–Trinajstić information content (AvgIpc) is 2.31. The van der Waals surface area contributed by atoms with E-state index in [2.05, 4.69) is 5.32 Å². The fourth-order valence-electron chi connectivity index (χ4n) is 1.59. The van der Waals surface area contributed by atoms with Crippen molar-refractivity contribution in [3.8, 4) is 11.5 Å². The van der Waals surface area contributed by atoms with Gasteiger partial charge in [0.25, 0.3) is 0 Å². The van der Waals surface area contributed by atoms with Gasteiger partial charge in [-0.25, -0.2) is 0 Å². The fourth-order valence-corrected chi connectivity index (χ4v) is 1.90. The lowest BCUT2D eigenvalue weighted by molar-refractivity contribution is -0.110. The minimum atomic E-state index is 0.0168.